The molecule has 0 aliphatic carbocycles. The van der Waals surface area contributed by atoms with Crippen molar-refractivity contribution < 1.29 is 18.3 Å². The average molecular weight is 349 g/mol. The molecule has 2 heterocycles. The normalized spacial score (nSPS) is 21.1. The van der Waals surface area contributed by atoms with Crippen molar-refractivity contribution in [2.24, 2.45) is 5.92 Å². The number of halogens is 2. The molecule has 1 saturated heterocycles. The highest BCUT2D eigenvalue weighted by Gasteiger charge is 2.34. The van der Waals surface area contributed by atoms with Crippen molar-refractivity contribution in [2.45, 2.75) is 32.6 Å². The highest BCUT2D eigenvalue weighted by molar-refractivity contribution is 5.92. The predicted octanol–water partition coefficient (Wildman–Crippen LogP) is 3.52. The van der Waals surface area contributed by atoms with Crippen molar-refractivity contribution in [1.29, 1.82) is 0 Å². The van der Waals surface area contributed by atoms with E-state index in [9.17, 15) is 13.6 Å². The van der Waals surface area contributed by atoms with Crippen molar-refractivity contribution >= 4 is 5.91 Å². The van der Waals surface area contributed by atoms with E-state index in [0.717, 1.165) is 11.8 Å². The lowest BCUT2D eigenvalue weighted by Crippen LogP contribution is -2.48. The van der Waals surface area contributed by atoms with Crippen LogP contribution in [-0.4, -0.2) is 39.8 Å². The molecule has 0 bridgehead atoms. The molecule has 1 aliphatic heterocycles. The zero-order valence-electron chi connectivity index (χ0n) is 14.2. The summed E-state index contributed by atoms with van der Waals surface area (Å²) >= 11 is 0. The largest absolute Gasteiger partial charge is 0.366 e. The molecule has 0 unspecified atom stereocenters. The Labute approximate surface area is 145 Å². The number of rotatable bonds is 4. The van der Waals surface area contributed by atoms with Crippen molar-refractivity contribution in [2.75, 3.05) is 13.1 Å². The number of amides is 1. The van der Waals surface area contributed by atoms with Gasteiger partial charge < -0.3 is 9.64 Å². The lowest BCUT2D eigenvalue weighted by Gasteiger charge is -2.39. The van der Waals surface area contributed by atoms with Crippen LogP contribution in [-0.2, 0) is 4.74 Å². The molecule has 3 rings (SSSR count). The number of ether oxygens (including phenoxy) is 1. The summed E-state index contributed by atoms with van der Waals surface area (Å²) in [6, 6.07) is 11.0. The maximum absolute atomic E-state index is 12.7. The van der Waals surface area contributed by atoms with Crippen LogP contribution < -0.4 is 0 Å². The van der Waals surface area contributed by atoms with E-state index in [2.05, 4.69) is 5.10 Å². The number of carbonyl (C=O) groups is 1. The van der Waals surface area contributed by atoms with Gasteiger partial charge in [-0.3, -0.25) is 4.79 Å². The average Bonchev–Trinajstić information content (AvgIpc) is 3.12. The van der Waals surface area contributed by atoms with Crippen LogP contribution in [0.1, 0.15) is 42.6 Å². The fourth-order valence-corrected chi connectivity index (χ4v) is 2.90. The maximum Gasteiger partial charge on any atom is 0.333 e. The molecule has 1 aromatic heterocycles. The van der Waals surface area contributed by atoms with E-state index in [-0.39, 0.29) is 29.7 Å². The first-order valence-electron chi connectivity index (χ1n) is 8.28. The molecular formula is C18H21F2N3O2. The molecule has 25 heavy (non-hydrogen) atoms. The van der Waals surface area contributed by atoms with Gasteiger partial charge in [0, 0.05) is 12.7 Å². The molecule has 0 spiro atoms. The first-order chi connectivity index (χ1) is 12.0. The number of nitrogens with zero attached hydrogens (tertiary/aromatic N) is 3. The van der Waals surface area contributed by atoms with Gasteiger partial charge >= 0.3 is 6.55 Å². The minimum atomic E-state index is -2.76. The summed E-state index contributed by atoms with van der Waals surface area (Å²) in [5.41, 5.74) is 1.01. The van der Waals surface area contributed by atoms with Gasteiger partial charge in [0.25, 0.3) is 5.91 Å². The third-order valence-electron chi connectivity index (χ3n) is 4.36. The molecule has 1 fully saturated rings. The smallest absolute Gasteiger partial charge is 0.333 e. The van der Waals surface area contributed by atoms with Crippen LogP contribution in [0.25, 0.3) is 0 Å². The maximum atomic E-state index is 12.7. The first-order valence-corrected chi connectivity index (χ1v) is 8.28. The second-order valence-electron chi connectivity index (χ2n) is 6.49. The Morgan fingerprint density at radius 1 is 1.20 bits per heavy atom. The molecule has 1 amide bonds. The first kappa shape index (κ1) is 17.5. The molecule has 0 saturated carbocycles. The van der Waals surface area contributed by atoms with E-state index in [1.807, 2.05) is 44.2 Å². The van der Waals surface area contributed by atoms with Gasteiger partial charge in [-0.15, -0.1) is 0 Å². The minimum Gasteiger partial charge on any atom is -0.366 e. The van der Waals surface area contributed by atoms with E-state index in [1.54, 1.807) is 4.90 Å². The summed E-state index contributed by atoms with van der Waals surface area (Å²) in [7, 11) is 0. The fourth-order valence-electron chi connectivity index (χ4n) is 2.90. The van der Waals surface area contributed by atoms with Gasteiger partial charge in [-0.25, -0.2) is 4.68 Å². The second kappa shape index (κ2) is 7.31. The summed E-state index contributed by atoms with van der Waals surface area (Å²) in [5, 5.41) is 3.69. The fraction of sp³-hybridized carbons (Fsp3) is 0.444. The standard InChI is InChI=1S/C18H21F2N3O2/c1-12(2)15-10-22(11-16(25-15)13-6-4-3-5-7-13)17(24)14-8-9-23(21-14)18(19)20/h3-9,12,15-16,18H,10-11H2,1-2H3/t15-,16+/m1/s1. The van der Waals surface area contributed by atoms with Gasteiger partial charge in [0.2, 0.25) is 0 Å². The second-order valence-corrected chi connectivity index (χ2v) is 6.49. The van der Waals surface area contributed by atoms with Crippen LogP contribution in [0, 0.1) is 5.92 Å². The predicted molar refractivity (Wildman–Crippen MR) is 88.3 cm³/mol. The highest BCUT2D eigenvalue weighted by Crippen LogP contribution is 2.29. The van der Waals surface area contributed by atoms with Crippen molar-refractivity contribution in [1.82, 2.24) is 14.7 Å². The third-order valence-corrected chi connectivity index (χ3v) is 4.36. The van der Waals surface area contributed by atoms with Crippen molar-refractivity contribution in [3.8, 4) is 0 Å². The Balaban J connectivity index is 1.82. The molecule has 7 heteroatoms. The Hall–Kier alpha value is -2.28. The van der Waals surface area contributed by atoms with Gasteiger partial charge in [0.05, 0.1) is 12.6 Å². The molecule has 2 aromatic rings. The van der Waals surface area contributed by atoms with E-state index in [1.165, 1.54) is 6.07 Å². The van der Waals surface area contributed by atoms with E-state index >= 15 is 0 Å². The topological polar surface area (TPSA) is 47.4 Å². The van der Waals surface area contributed by atoms with Crippen LogP contribution in [0.15, 0.2) is 42.6 Å². The van der Waals surface area contributed by atoms with Crippen LogP contribution in [0.4, 0.5) is 8.78 Å². The van der Waals surface area contributed by atoms with E-state index in [4.69, 9.17) is 4.74 Å². The van der Waals surface area contributed by atoms with Crippen molar-refractivity contribution in [3.63, 3.8) is 0 Å². The van der Waals surface area contributed by atoms with Gasteiger partial charge in [-0.1, -0.05) is 44.2 Å². The van der Waals surface area contributed by atoms with Crippen LogP contribution in [0.2, 0.25) is 0 Å². The quantitative estimate of drug-likeness (QED) is 0.849. The number of hydrogen-bond acceptors (Lipinski definition) is 3. The number of aromatic nitrogens is 2. The van der Waals surface area contributed by atoms with Crippen LogP contribution in [0.3, 0.4) is 0 Å². The molecular weight excluding hydrogens is 328 g/mol. The summed E-state index contributed by atoms with van der Waals surface area (Å²) < 4.78 is 32.0. The molecule has 0 radical (unpaired) electrons. The summed E-state index contributed by atoms with van der Waals surface area (Å²) in [4.78, 5) is 14.4. The Morgan fingerprint density at radius 2 is 1.92 bits per heavy atom. The third kappa shape index (κ3) is 3.87. The highest BCUT2D eigenvalue weighted by atomic mass is 19.3. The summed E-state index contributed by atoms with van der Waals surface area (Å²) in [6.45, 7) is 2.10. The number of morpholine rings is 1. The number of carbonyl (C=O) groups excluding carboxylic acids is 1. The molecule has 1 aliphatic rings. The molecule has 134 valence electrons. The molecule has 1 aromatic carbocycles. The minimum absolute atomic E-state index is 0.0246. The lowest BCUT2D eigenvalue weighted by atomic mass is 10.0. The number of benzene rings is 1. The Bertz CT molecular complexity index is 718. The van der Waals surface area contributed by atoms with E-state index in [0.29, 0.717) is 17.8 Å². The summed E-state index contributed by atoms with van der Waals surface area (Å²) in [5.74, 6) is -0.130. The number of alkyl halides is 2. The van der Waals surface area contributed by atoms with Gasteiger partial charge in [-0.2, -0.15) is 13.9 Å². The summed E-state index contributed by atoms with van der Waals surface area (Å²) in [6.07, 6.45) is 0.746. The Morgan fingerprint density at radius 3 is 2.52 bits per heavy atom. The Kier molecular flexibility index (Phi) is 5.13. The molecule has 5 nitrogen and oxygen atoms in total. The number of hydrogen-bond donors (Lipinski definition) is 0. The van der Waals surface area contributed by atoms with Crippen LogP contribution >= 0.6 is 0 Å². The molecule has 2 atom stereocenters. The molecule has 0 N–H and O–H groups in total. The van der Waals surface area contributed by atoms with E-state index < -0.39 is 6.55 Å². The van der Waals surface area contributed by atoms with Crippen molar-refractivity contribution in [3.05, 3.63) is 53.9 Å². The van der Waals surface area contributed by atoms with Gasteiger partial charge in [0.1, 0.15) is 6.10 Å². The zero-order valence-corrected chi connectivity index (χ0v) is 14.2. The van der Waals surface area contributed by atoms with Gasteiger partial charge in [-0.05, 0) is 17.5 Å². The van der Waals surface area contributed by atoms with Gasteiger partial charge in [0.15, 0.2) is 5.69 Å². The SMILES string of the molecule is CC(C)[C@H]1CN(C(=O)c2ccn(C(F)F)n2)C[C@@H](c2ccccc2)O1. The van der Waals surface area contributed by atoms with Crippen LogP contribution in [0.5, 0.6) is 0 Å². The lowest BCUT2D eigenvalue weighted by molar-refractivity contribution is -0.0955. The monoisotopic (exact) mass is 349 g/mol. The zero-order chi connectivity index (χ0) is 18.0.